The van der Waals surface area contributed by atoms with Crippen molar-refractivity contribution in [3.8, 4) is 5.75 Å². The van der Waals surface area contributed by atoms with Crippen LogP contribution in [-0.2, 0) is 6.54 Å². The Hall–Kier alpha value is -1.65. The summed E-state index contributed by atoms with van der Waals surface area (Å²) < 4.78 is 0.924. The lowest BCUT2D eigenvalue weighted by atomic mass is 10.2. The van der Waals surface area contributed by atoms with Gasteiger partial charge in [0, 0.05) is 22.8 Å². The minimum absolute atomic E-state index is 0.234. The van der Waals surface area contributed by atoms with Gasteiger partial charge in [0.05, 0.1) is 5.69 Å². The van der Waals surface area contributed by atoms with Gasteiger partial charge in [-0.05, 0) is 61.8 Å². The van der Waals surface area contributed by atoms with E-state index in [0.29, 0.717) is 5.56 Å². The van der Waals surface area contributed by atoms with Crippen LogP contribution in [0.3, 0.4) is 0 Å². The van der Waals surface area contributed by atoms with Crippen molar-refractivity contribution in [1.82, 2.24) is 4.90 Å². The summed E-state index contributed by atoms with van der Waals surface area (Å²) in [6.07, 6.45) is 4.33. The molecule has 0 aromatic heterocycles. The van der Waals surface area contributed by atoms with Gasteiger partial charge >= 0.3 is 0 Å². The molecule has 0 unspecified atom stereocenters. The van der Waals surface area contributed by atoms with E-state index in [1.165, 1.54) is 31.5 Å². The van der Waals surface area contributed by atoms with Crippen molar-refractivity contribution in [3.05, 3.63) is 58.1 Å². The van der Waals surface area contributed by atoms with Crippen LogP contribution in [0.2, 0.25) is 0 Å². The van der Waals surface area contributed by atoms with E-state index in [1.54, 1.807) is 18.3 Å². The highest BCUT2D eigenvalue weighted by atomic mass is 79.9. The molecule has 4 heteroatoms. The van der Waals surface area contributed by atoms with Gasteiger partial charge in [-0.3, -0.25) is 9.89 Å². The lowest BCUT2D eigenvalue weighted by Gasteiger charge is -2.14. The quantitative estimate of drug-likeness (QED) is 0.816. The van der Waals surface area contributed by atoms with Gasteiger partial charge in [0.1, 0.15) is 5.75 Å². The number of phenolic OH excluding ortho intramolecular Hbond substituents is 1. The van der Waals surface area contributed by atoms with Gasteiger partial charge in [-0.1, -0.05) is 28.1 Å². The van der Waals surface area contributed by atoms with Crippen LogP contribution in [0, 0.1) is 0 Å². The molecule has 0 amide bonds. The van der Waals surface area contributed by atoms with Gasteiger partial charge in [0.15, 0.2) is 0 Å². The van der Waals surface area contributed by atoms with Crippen LogP contribution in [0.4, 0.5) is 5.69 Å². The topological polar surface area (TPSA) is 35.8 Å². The monoisotopic (exact) mass is 358 g/mol. The zero-order chi connectivity index (χ0) is 15.4. The molecule has 0 aliphatic carbocycles. The summed E-state index contributed by atoms with van der Waals surface area (Å²) in [4.78, 5) is 6.92. The SMILES string of the molecule is Oc1ccc(Br)cc1C=Nc1ccc(CN2CCCC2)cc1. The lowest BCUT2D eigenvalue weighted by molar-refractivity contribution is 0.331. The third-order valence-electron chi connectivity index (χ3n) is 3.88. The minimum Gasteiger partial charge on any atom is -0.507 e. The van der Waals surface area contributed by atoms with E-state index >= 15 is 0 Å². The first-order valence-corrected chi connectivity index (χ1v) is 8.34. The summed E-state index contributed by atoms with van der Waals surface area (Å²) >= 11 is 3.40. The molecule has 0 spiro atoms. The number of hydrogen-bond acceptors (Lipinski definition) is 3. The van der Waals surface area contributed by atoms with Crippen molar-refractivity contribution in [1.29, 1.82) is 0 Å². The van der Waals surface area contributed by atoms with Gasteiger partial charge in [-0.25, -0.2) is 0 Å². The predicted molar refractivity (Wildman–Crippen MR) is 94.0 cm³/mol. The Labute approximate surface area is 139 Å². The van der Waals surface area contributed by atoms with Crippen LogP contribution >= 0.6 is 15.9 Å². The van der Waals surface area contributed by atoms with Crippen molar-refractivity contribution in [2.45, 2.75) is 19.4 Å². The normalized spacial score (nSPS) is 15.7. The average Bonchev–Trinajstić information content (AvgIpc) is 3.03. The van der Waals surface area contributed by atoms with Crippen molar-refractivity contribution in [3.63, 3.8) is 0 Å². The highest BCUT2D eigenvalue weighted by Gasteiger charge is 2.11. The maximum Gasteiger partial charge on any atom is 0.124 e. The highest BCUT2D eigenvalue weighted by Crippen LogP contribution is 2.22. The third-order valence-corrected chi connectivity index (χ3v) is 4.38. The van der Waals surface area contributed by atoms with E-state index in [9.17, 15) is 5.11 Å². The van der Waals surface area contributed by atoms with Crippen LogP contribution in [-0.4, -0.2) is 29.3 Å². The van der Waals surface area contributed by atoms with Gasteiger partial charge in [0.25, 0.3) is 0 Å². The maximum atomic E-state index is 9.80. The Morgan fingerprint density at radius 2 is 1.82 bits per heavy atom. The molecule has 2 aromatic carbocycles. The molecule has 2 aromatic rings. The number of aliphatic imine (C=N–C) groups is 1. The summed E-state index contributed by atoms with van der Waals surface area (Å²) in [6, 6.07) is 13.6. The number of hydrogen-bond donors (Lipinski definition) is 1. The first-order chi connectivity index (χ1) is 10.7. The van der Waals surface area contributed by atoms with Crippen molar-refractivity contribution in [2.75, 3.05) is 13.1 Å². The summed E-state index contributed by atoms with van der Waals surface area (Å²) in [5.41, 5.74) is 2.92. The zero-order valence-corrected chi connectivity index (χ0v) is 14.0. The molecule has 1 aliphatic rings. The van der Waals surface area contributed by atoms with Crippen molar-refractivity contribution in [2.24, 2.45) is 4.99 Å². The summed E-state index contributed by atoms with van der Waals surface area (Å²) in [5.74, 6) is 0.234. The molecule has 1 saturated heterocycles. The number of nitrogens with zero attached hydrogens (tertiary/aromatic N) is 2. The summed E-state index contributed by atoms with van der Waals surface area (Å²) in [5, 5.41) is 9.80. The molecule has 0 bridgehead atoms. The molecular formula is C18H19BrN2O. The summed E-state index contributed by atoms with van der Waals surface area (Å²) in [6.45, 7) is 3.44. The Morgan fingerprint density at radius 3 is 2.55 bits per heavy atom. The lowest BCUT2D eigenvalue weighted by Crippen LogP contribution is -2.18. The van der Waals surface area contributed by atoms with Crippen molar-refractivity contribution >= 4 is 27.8 Å². The van der Waals surface area contributed by atoms with E-state index < -0.39 is 0 Å². The molecule has 3 rings (SSSR count). The number of benzene rings is 2. The standard InChI is InChI=1S/C18H19BrN2O/c19-16-5-8-18(22)15(11-16)12-20-17-6-3-14(4-7-17)13-21-9-1-2-10-21/h3-8,11-12,22H,1-2,9-10,13H2. The van der Waals surface area contributed by atoms with Crippen LogP contribution in [0.15, 0.2) is 51.9 Å². The molecule has 22 heavy (non-hydrogen) atoms. The molecular weight excluding hydrogens is 340 g/mol. The van der Waals surface area contributed by atoms with E-state index in [-0.39, 0.29) is 5.75 Å². The van der Waals surface area contributed by atoms with Crippen LogP contribution in [0.1, 0.15) is 24.0 Å². The molecule has 114 valence electrons. The fourth-order valence-electron chi connectivity index (χ4n) is 2.66. The molecule has 0 atom stereocenters. The van der Waals surface area contributed by atoms with Gasteiger partial charge < -0.3 is 5.11 Å². The summed E-state index contributed by atoms with van der Waals surface area (Å²) in [7, 11) is 0. The first kappa shape index (κ1) is 15.3. The molecule has 1 fully saturated rings. The Morgan fingerprint density at radius 1 is 1.09 bits per heavy atom. The zero-order valence-electron chi connectivity index (χ0n) is 12.4. The smallest absolute Gasteiger partial charge is 0.124 e. The number of aromatic hydroxyl groups is 1. The fraction of sp³-hybridized carbons (Fsp3) is 0.278. The van der Waals surface area contributed by atoms with Crippen molar-refractivity contribution < 1.29 is 5.11 Å². The second-order valence-corrected chi connectivity index (χ2v) is 6.53. The maximum absolute atomic E-state index is 9.80. The fourth-order valence-corrected chi connectivity index (χ4v) is 3.04. The molecule has 1 N–H and O–H groups in total. The number of halogens is 1. The Bertz CT molecular complexity index is 661. The molecule has 0 radical (unpaired) electrons. The molecule has 0 saturated carbocycles. The molecule has 1 aliphatic heterocycles. The number of phenols is 1. The van der Waals surface area contributed by atoms with E-state index in [0.717, 1.165) is 16.7 Å². The van der Waals surface area contributed by atoms with Crippen LogP contribution in [0.5, 0.6) is 5.75 Å². The average molecular weight is 359 g/mol. The van der Waals surface area contributed by atoms with E-state index in [4.69, 9.17) is 0 Å². The van der Waals surface area contributed by atoms with E-state index in [1.807, 2.05) is 18.2 Å². The largest absolute Gasteiger partial charge is 0.507 e. The van der Waals surface area contributed by atoms with Gasteiger partial charge in [-0.2, -0.15) is 0 Å². The minimum atomic E-state index is 0.234. The molecule has 3 nitrogen and oxygen atoms in total. The second-order valence-electron chi connectivity index (χ2n) is 5.61. The highest BCUT2D eigenvalue weighted by molar-refractivity contribution is 9.10. The van der Waals surface area contributed by atoms with E-state index in [2.05, 4.69) is 38.0 Å². The number of rotatable bonds is 4. The van der Waals surface area contributed by atoms with Crippen LogP contribution in [0.25, 0.3) is 0 Å². The third kappa shape index (κ3) is 3.96. The Balaban J connectivity index is 1.67. The molecule has 1 heterocycles. The van der Waals surface area contributed by atoms with Crippen LogP contribution < -0.4 is 0 Å². The second kappa shape index (κ2) is 7.07. The first-order valence-electron chi connectivity index (χ1n) is 7.54. The van der Waals surface area contributed by atoms with Gasteiger partial charge in [0.2, 0.25) is 0 Å². The Kier molecular flexibility index (Phi) is 4.90. The predicted octanol–water partition coefficient (Wildman–Crippen LogP) is 4.50. The van der Waals surface area contributed by atoms with Gasteiger partial charge in [-0.15, -0.1) is 0 Å². The number of likely N-dealkylation sites (tertiary alicyclic amines) is 1.